The molecule has 0 saturated heterocycles. The first-order valence-electron chi connectivity index (χ1n) is 6.46. The molecule has 1 aliphatic carbocycles. The van der Waals surface area contributed by atoms with Crippen LogP contribution in [0.25, 0.3) is 0 Å². The summed E-state index contributed by atoms with van der Waals surface area (Å²) in [5, 5.41) is 3.41. The van der Waals surface area contributed by atoms with E-state index in [0.29, 0.717) is 6.61 Å². The van der Waals surface area contributed by atoms with Gasteiger partial charge in [-0.25, -0.2) is 9.97 Å². The van der Waals surface area contributed by atoms with Crippen molar-refractivity contribution >= 4 is 5.82 Å². The van der Waals surface area contributed by atoms with Crippen molar-refractivity contribution in [3.63, 3.8) is 0 Å². The fraction of sp³-hybridized carbons (Fsp3) is 0.692. The van der Waals surface area contributed by atoms with Crippen LogP contribution >= 0.6 is 0 Å². The summed E-state index contributed by atoms with van der Waals surface area (Å²) in [5.41, 5.74) is 2.54. The second-order valence-corrected chi connectivity index (χ2v) is 4.48. The molecule has 1 aromatic rings. The van der Waals surface area contributed by atoms with Gasteiger partial charge in [0.2, 0.25) is 0 Å². The maximum Gasteiger partial charge on any atom is 0.156 e. The molecule has 4 heteroatoms. The van der Waals surface area contributed by atoms with E-state index in [1.165, 1.54) is 24.1 Å². The molecule has 0 unspecified atom stereocenters. The molecule has 1 aliphatic rings. The Balaban J connectivity index is 2.28. The van der Waals surface area contributed by atoms with Crippen LogP contribution in [-0.2, 0) is 24.2 Å². The smallest absolute Gasteiger partial charge is 0.156 e. The summed E-state index contributed by atoms with van der Waals surface area (Å²) in [4.78, 5) is 9.16. The van der Waals surface area contributed by atoms with Gasteiger partial charge >= 0.3 is 0 Å². The Labute approximate surface area is 103 Å². The molecule has 0 bridgehead atoms. The number of anilines is 1. The molecule has 0 spiro atoms. The third-order valence-electron chi connectivity index (χ3n) is 3.05. The second kappa shape index (κ2) is 5.96. The van der Waals surface area contributed by atoms with Gasteiger partial charge in [0.25, 0.3) is 0 Å². The first-order valence-corrected chi connectivity index (χ1v) is 6.46. The third-order valence-corrected chi connectivity index (χ3v) is 3.05. The standard InChI is InChI=1S/C13H21N3O/c1-3-8-14-13-10-6-4-5-7-11(10)15-12(16-13)9-17-2/h3-9H2,1-2H3,(H,14,15,16). The molecule has 17 heavy (non-hydrogen) atoms. The van der Waals surface area contributed by atoms with Crippen molar-refractivity contribution in [1.29, 1.82) is 0 Å². The topological polar surface area (TPSA) is 47.0 Å². The quantitative estimate of drug-likeness (QED) is 0.851. The Bertz CT molecular complexity index is 379. The van der Waals surface area contributed by atoms with Gasteiger partial charge in [-0.3, -0.25) is 0 Å². The minimum Gasteiger partial charge on any atom is -0.377 e. The number of methoxy groups -OCH3 is 1. The van der Waals surface area contributed by atoms with Gasteiger partial charge in [-0.2, -0.15) is 0 Å². The normalized spacial score (nSPS) is 14.5. The van der Waals surface area contributed by atoms with E-state index in [0.717, 1.165) is 37.4 Å². The largest absolute Gasteiger partial charge is 0.377 e. The maximum absolute atomic E-state index is 5.13. The van der Waals surface area contributed by atoms with Crippen LogP contribution in [0.2, 0.25) is 0 Å². The first kappa shape index (κ1) is 12.3. The van der Waals surface area contributed by atoms with E-state index in [1.807, 2.05) is 0 Å². The van der Waals surface area contributed by atoms with Crippen LogP contribution in [0.4, 0.5) is 5.82 Å². The molecule has 1 N–H and O–H groups in total. The highest BCUT2D eigenvalue weighted by Gasteiger charge is 2.17. The highest BCUT2D eigenvalue weighted by atomic mass is 16.5. The zero-order valence-corrected chi connectivity index (χ0v) is 10.8. The lowest BCUT2D eigenvalue weighted by Gasteiger charge is -2.19. The Morgan fingerprint density at radius 3 is 2.82 bits per heavy atom. The predicted octanol–water partition coefficient (Wildman–Crippen LogP) is 2.32. The highest BCUT2D eigenvalue weighted by Crippen LogP contribution is 2.25. The molecule has 0 saturated carbocycles. The number of fused-ring (bicyclic) bond motifs is 1. The van der Waals surface area contributed by atoms with Crippen molar-refractivity contribution in [2.24, 2.45) is 0 Å². The minimum atomic E-state index is 0.494. The number of ether oxygens (including phenoxy) is 1. The van der Waals surface area contributed by atoms with Crippen molar-refractivity contribution < 1.29 is 4.74 Å². The van der Waals surface area contributed by atoms with E-state index < -0.39 is 0 Å². The van der Waals surface area contributed by atoms with Gasteiger partial charge in [0.15, 0.2) is 5.82 Å². The SMILES string of the molecule is CCCNc1nc(COC)nc2c1CCCC2. The van der Waals surface area contributed by atoms with Gasteiger partial charge < -0.3 is 10.1 Å². The average molecular weight is 235 g/mol. The number of hydrogen-bond acceptors (Lipinski definition) is 4. The molecular formula is C13H21N3O. The van der Waals surface area contributed by atoms with Crippen LogP contribution in [-0.4, -0.2) is 23.6 Å². The van der Waals surface area contributed by atoms with Crippen LogP contribution in [0.5, 0.6) is 0 Å². The van der Waals surface area contributed by atoms with Gasteiger partial charge in [0, 0.05) is 24.9 Å². The molecule has 0 atom stereocenters. The van der Waals surface area contributed by atoms with Crippen LogP contribution in [0.1, 0.15) is 43.3 Å². The Morgan fingerprint density at radius 2 is 2.06 bits per heavy atom. The molecule has 94 valence electrons. The van der Waals surface area contributed by atoms with E-state index in [4.69, 9.17) is 4.74 Å². The number of nitrogens with zero attached hydrogens (tertiary/aromatic N) is 2. The number of aryl methyl sites for hydroxylation is 1. The Hall–Kier alpha value is -1.16. The lowest BCUT2D eigenvalue weighted by molar-refractivity contribution is 0.177. The summed E-state index contributed by atoms with van der Waals surface area (Å²) in [6, 6.07) is 0. The summed E-state index contributed by atoms with van der Waals surface area (Å²) in [5.74, 6) is 1.83. The van der Waals surface area contributed by atoms with Gasteiger partial charge in [-0.05, 0) is 32.1 Å². The molecule has 0 amide bonds. The molecule has 2 rings (SSSR count). The van der Waals surface area contributed by atoms with Gasteiger partial charge in [0.05, 0.1) is 0 Å². The zero-order valence-electron chi connectivity index (χ0n) is 10.8. The lowest BCUT2D eigenvalue weighted by Crippen LogP contribution is -2.15. The van der Waals surface area contributed by atoms with Crippen molar-refractivity contribution in [3.05, 3.63) is 17.1 Å². The number of nitrogens with one attached hydrogen (secondary N) is 1. The maximum atomic E-state index is 5.13. The molecule has 0 fully saturated rings. The number of hydrogen-bond donors (Lipinski definition) is 1. The van der Waals surface area contributed by atoms with E-state index in [2.05, 4.69) is 22.2 Å². The van der Waals surface area contributed by atoms with Crippen molar-refractivity contribution in [3.8, 4) is 0 Å². The second-order valence-electron chi connectivity index (χ2n) is 4.48. The van der Waals surface area contributed by atoms with Gasteiger partial charge in [0.1, 0.15) is 12.4 Å². The molecule has 1 heterocycles. The van der Waals surface area contributed by atoms with E-state index in [9.17, 15) is 0 Å². The molecular weight excluding hydrogens is 214 g/mol. The van der Waals surface area contributed by atoms with E-state index in [1.54, 1.807) is 7.11 Å². The lowest BCUT2D eigenvalue weighted by atomic mass is 9.96. The predicted molar refractivity (Wildman–Crippen MR) is 68.2 cm³/mol. The fourth-order valence-corrected chi connectivity index (χ4v) is 2.23. The minimum absolute atomic E-state index is 0.494. The van der Waals surface area contributed by atoms with Crippen LogP contribution in [0.3, 0.4) is 0 Å². The molecule has 0 aliphatic heterocycles. The summed E-state index contributed by atoms with van der Waals surface area (Å²) < 4.78 is 5.13. The number of aromatic nitrogens is 2. The summed E-state index contributed by atoms with van der Waals surface area (Å²) in [6.45, 7) is 3.63. The molecule has 0 aromatic carbocycles. The van der Waals surface area contributed by atoms with Crippen molar-refractivity contribution in [2.45, 2.75) is 45.6 Å². The fourth-order valence-electron chi connectivity index (χ4n) is 2.23. The highest BCUT2D eigenvalue weighted by molar-refractivity contribution is 5.47. The monoisotopic (exact) mass is 235 g/mol. The van der Waals surface area contributed by atoms with Gasteiger partial charge in [-0.1, -0.05) is 6.92 Å². The zero-order chi connectivity index (χ0) is 12.1. The third kappa shape index (κ3) is 2.94. The van der Waals surface area contributed by atoms with Crippen molar-refractivity contribution in [1.82, 2.24) is 9.97 Å². The number of rotatable bonds is 5. The summed E-state index contributed by atoms with van der Waals surface area (Å²) in [6.07, 6.45) is 5.78. The van der Waals surface area contributed by atoms with Crippen LogP contribution < -0.4 is 5.32 Å². The Morgan fingerprint density at radius 1 is 1.24 bits per heavy atom. The summed E-state index contributed by atoms with van der Waals surface area (Å²) in [7, 11) is 1.68. The Kier molecular flexibility index (Phi) is 4.31. The van der Waals surface area contributed by atoms with Crippen LogP contribution in [0.15, 0.2) is 0 Å². The van der Waals surface area contributed by atoms with Crippen molar-refractivity contribution in [2.75, 3.05) is 19.0 Å². The first-order chi connectivity index (χ1) is 8.35. The van der Waals surface area contributed by atoms with E-state index >= 15 is 0 Å². The molecule has 1 aromatic heterocycles. The van der Waals surface area contributed by atoms with Gasteiger partial charge in [-0.15, -0.1) is 0 Å². The average Bonchev–Trinajstić information content (AvgIpc) is 2.36. The molecule has 0 radical (unpaired) electrons. The summed E-state index contributed by atoms with van der Waals surface area (Å²) >= 11 is 0. The molecule has 4 nitrogen and oxygen atoms in total. The van der Waals surface area contributed by atoms with Crippen LogP contribution in [0, 0.1) is 0 Å². The van der Waals surface area contributed by atoms with E-state index in [-0.39, 0.29) is 0 Å².